The van der Waals surface area contributed by atoms with E-state index >= 15 is 0 Å². The van der Waals surface area contributed by atoms with Gasteiger partial charge in [0.25, 0.3) is 0 Å². The van der Waals surface area contributed by atoms with E-state index in [1.165, 1.54) is 0 Å². The van der Waals surface area contributed by atoms with Gasteiger partial charge in [-0.2, -0.15) is 0 Å². The van der Waals surface area contributed by atoms with Gasteiger partial charge in [0.2, 0.25) is 5.89 Å². The Kier molecular flexibility index (Phi) is 1.60. The highest BCUT2D eigenvalue weighted by atomic mass is 16.3. The smallest absolute Gasteiger partial charge is 0.201 e. The van der Waals surface area contributed by atoms with E-state index in [1.807, 2.05) is 12.2 Å². The average Bonchev–Trinajstić information content (AvgIpc) is 2.58. The van der Waals surface area contributed by atoms with Crippen LogP contribution < -0.4 is 0 Å². The second-order valence-electron chi connectivity index (χ2n) is 2.53. The van der Waals surface area contributed by atoms with Gasteiger partial charge in [0, 0.05) is 0 Å². The summed E-state index contributed by atoms with van der Waals surface area (Å²) in [5, 5.41) is 0. The maximum Gasteiger partial charge on any atom is 0.201 e. The Hall–Kier alpha value is -1.31. The molecule has 2 nitrogen and oxygen atoms in total. The van der Waals surface area contributed by atoms with Gasteiger partial charge in [-0.15, -0.1) is 0 Å². The molecule has 1 aliphatic carbocycles. The summed E-state index contributed by atoms with van der Waals surface area (Å²) in [6.07, 6.45) is 12.6. The molecule has 1 atom stereocenters. The third-order valence-corrected chi connectivity index (χ3v) is 1.75. The lowest BCUT2D eigenvalue weighted by atomic mass is 10.0. The predicted molar refractivity (Wildman–Crippen MR) is 42.1 cm³/mol. The molecule has 1 heterocycles. The maximum absolute atomic E-state index is 5.18. The second-order valence-corrected chi connectivity index (χ2v) is 2.53. The van der Waals surface area contributed by atoms with Crippen LogP contribution in [0, 0.1) is 0 Å². The Balaban J connectivity index is 2.19. The van der Waals surface area contributed by atoms with Crippen LogP contribution in [0.5, 0.6) is 0 Å². The largest absolute Gasteiger partial charge is 0.448 e. The summed E-state index contributed by atoms with van der Waals surface area (Å²) in [7, 11) is 0. The summed E-state index contributed by atoms with van der Waals surface area (Å²) < 4.78 is 5.18. The first-order valence-corrected chi connectivity index (χ1v) is 3.69. The molecule has 0 N–H and O–H groups in total. The highest BCUT2D eigenvalue weighted by molar-refractivity contribution is 5.18. The van der Waals surface area contributed by atoms with Crippen molar-refractivity contribution in [2.75, 3.05) is 0 Å². The standard InChI is InChI=1S/C9H9NO/c1-2-4-8(5-3-1)9-10-6-7-11-9/h1-4,6-8H,5H2. The molecule has 1 aromatic rings. The number of nitrogens with zero attached hydrogens (tertiary/aromatic N) is 1. The van der Waals surface area contributed by atoms with E-state index < -0.39 is 0 Å². The molecule has 0 saturated carbocycles. The van der Waals surface area contributed by atoms with Crippen molar-refractivity contribution >= 4 is 0 Å². The lowest BCUT2D eigenvalue weighted by molar-refractivity contribution is 0.474. The van der Waals surface area contributed by atoms with Crippen molar-refractivity contribution in [1.82, 2.24) is 4.98 Å². The van der Waals surface area contributed by atoms with Crippen LogP contribution >= 0.6 is 0 Å². The van der Waals surface area contributed by atoms with Crippen molar-refractivity contribution in [3.05, 3.63) is 42.7 Å². The van der Waals surface area contributed by atoms with E-state index in [2.05, 4.69) is 17.1 Å². The zero-order chi connectivity index (χ0) is 7.52. The van der Waals surface area contributed by atoms with E-state index in [0.29, 0.717) is 5.92 Å². The molecule has 0 radical (unpaired) electrons. The third-order valence-electron chi connectivity index (χ3n) is 1.75. The Bertz CT molecular complexity index is 272. The van der Waals surface area contributed by atoms with Crippen LogP contribution in [0.3, 0.4) is 0 Å². The van der Waals surface area contributed by atoms with E-state index in [4.69, 9.17) is 4.42 Å². The Labute approximate surface area is 65.2 Å². The fraction of sp³-hybridized carbons (Fsp3) is 0.222. The first-order valence-electron chi connectivity index (χ1n) is 3.69. The maximum atomic E-state index is 5.18. The second kappa shape index (κ2) is 2.74. The molecular formula is C9H9NO. The van der Waals surface area contributed by atoms with Gasteiger partial charge in [0.15, 0.2) is 0 Å². The van der Waals surface area contributed by atoms with Crippen molar-refractivity contribution in [3.63, 3.8) is 0 Å². The van der Waals surface area contributed by atoms with Crippen LogP contribution in [0.2, 0.25) is 0 Å². The van der Waals surface area contributed by atoms with Crippen molar-refractivity contribution in [1.29, 1.82) is 0 Å². The molecule has 11 heavy (non-hydrogen) atoms. The van der Waals surface area contributed by atoms with Gasteiger partial charge in [-0.05, 0) is 6.42 Å². The molecule has 1 unspecified atom stereocenters. The van der Waals surface area contributed by atoms with Gasteiger partial charge in [-0.25, -0.2) is 4.98 Å². The number of hydrogen-bond acceptors (Lipinski definition) is 2. The summed E-state index contributed by atoms with van der Waals surface area (Å²) in [6, 6.07) is 0. The number of rotatable bonds is 1. The zero-order valence-corrected chi connectivity index (χ0v) is 6.10. The van der Waals surface area contributed by atoms with Gasteiger partial charge in [-0.3, -0.25) is 0 Å². The minimum atomic E-state index is 0.343. The normalized spacial score (nSPS) is 22.4. The highest BCUT2D eigenvalue weighted by Crippen LogP contribution is 2.22. The molecule has 0 fully saturated rings. The van der Waals surface area contributed by atoms with Gasteiger partial charge in [-0.1, -0.05) is 24.3 Å². The summed E-state index contributed by atoms with van der Waals surface area (Å²) in [5.41, 5.74) is 0. The molecule has 2 heteroatoms. The summed E-state index contributed by atoms with van der Waals surface area (Å²) in [6.45, 7) is 0. The van der Waals surface area contributed by atoms with E-state index in [0.717, 1.165) is 12.3 Å². The van der Waals surface area contributed by atoms with Gasteiger partial charge in [0.05, 0.1) is 12.1 Å². The topological polar surface area (TPSA) is 26.0 Å². The number of oxazole rings is 1. The average molecular weight is 147 g/mol. The van der Waals surface area contributed by atoms with E-state index in [9.17, 15) is 0 Å². The van der Waals surface area contributed by atoms with Crippen molar-refractivity contribution in [2.24, 2.45) is 0 Å². The van der Waals surface area contributed by atoms with Gasteiger partial charge >= 0.3 is 0 Å². The SMILES string of the molecule is C1=CCC(c2ncco2)C=C1. The Morgan fingerprint density at radius 1 is 1.45 bits per heavy atom. The summed E-state index contributed by atoms with van der Waals surface area (Å²) in [5.74, 6) is 1.15. The van der Waals surface area contributed by atoms with Gasteiger partial charge < -0.3 is 4.42 Å². The first kappa shape index (κ1) is 6.40. The van der Waals surface area contributed by atoms with Crippen LogP contribution in [0.25, 0.3) is 0 Å². The van der Waals surface area contributed by atoms with E-state index in [-0.39, 0.29) is 0 Å². The predicted octanol–water partition coefficient (Wildman–Crippen LogP) is 2.27. The molecule has 56 valence electrons. The zero-order valence-electron chi connectivity index (χ0n) is 6.10. The Morgan fingerprint density at radius 2 is 2.45 bits per heavy atom. The highest BCUT2D eigenvalue weighted by Gasteiger charge is 2.11. The first-order chi connectivity index (χ1) is 5.47. The number of aromatic nitrogens is 1. The number of allylic oxidation sites excluding steroid dienone is 4. The fourth-order valence-electron chi connectivity index (χ4n) is 1.18. The minimum Gasteiger partial charge on any atom is -0.448 e. The molecule has 0 bridgehead atoms. The molecule has 0 amide bonds. The fourth-order valence-corrected chi connectivity index (χ4v) is 1.18. The van der Waals surface area contributed by atoms with Crippen LogP contribution in [-0.2, 0) is 0 Å². The third kappa shape index (κ3) is 1.24. The molecule has 2 rings (SSSR count). The molecule has 1 aromatic heterocycles. The van der Waals surface area contributed by atoms with Gasteiger partial charge in [0.1, 0.15) is 6.26 Å². The minimum absolute atomic E-state index is 0.343. The van der Waals surface area contributed by atoms with E-state index in [1.54, 1.807) is 12.5 Å². The quantitative estimate of drug-likeness (QED) is 0.609. The summed E-state index contributed by atoms with van der Waals surface area (Å²) in [4.78, 5) is 4.09. The molecule has 0 spiro atoms. The Morgan fingerprint density at radius 3 is 3.09 bits per heavy atom. The lowest BCUT2D eigenvalue weighted by Crippen LogP contribution is -1.95. The summed E-state index contributed by atoms with van der Waals surface area (Å²) >= 11 is 0. The van der Waals surface area contributed by atoms with Crippen molar-refractivity contribution < 1.29 is 4.42 Å². The lowest BCUT2D eigenvalue weighted by Gasteiger charge is -2.06. The monoisotopic (exact) mass is 147 g/mol. The van der Waals surface area contributed by atoms with Crippen molar-refractivity contribution in [3.8, 4) is 0 Å². The van der Waals surface area contributed by atoms with Crippen molar-refractivity contribution in [2.45, 2.75) is 12.3 Å². The van der Waals surface area contributed by atoms with Crippen LogP contribution in [0.4, 0.5) is 0 Å². The molecule has 0 aliphatic heterocycles. The van der Waals surface area contributed by atoms with Crippen LogP contribution in [0.1, 0.15) is 18.2 Å². The molecule has 0 saturated heterocycles. The molecular weight excluding hydrogens is 138 g/mol. The molecule has 0 aromatic carbocycles. The number of hydrogen-bond donors (Lipinski definition) is 0. The van der Waals surface area contributed by atoms with Crippen LogP contribution in [0.15, 0.2) is 41.2 Å². The van der Waals surface area contributed by atoms with Crippen LogP contribution in [-0.4, -0.2) is 4.98 Å². The molecule has 1 aliphatic rings.